The van der Waals surface area contributed by atoms with Crippen molar-refractivity contribution in [1.82, 2.24) is 0 Å². The van der Waals surface area contributed by atoms with Crippen molar-refractivity contribution in [3.63, 3.8) is 0 Å². The van der Waals surface area contributed by atoms with Gasteiger partial charge in [0.05, 0.1) is 6.61 Å². The third-order valence-corrected chi connectivity index (χ3v) is 4.26. The summed E-state index contributed by atoms with van der Waals surface area (Å²) in [6, 6.07) is 0. The summed E-state index contributed by atoms with van der Waals surface area (Å²) >= 11 is 0. The molecule has 0 saturated heterocycles. The van der Waals surface area contributed by atoms with E-state index in [1.54, 1.807) is 0 Å². The SMILES string of the molecule is CC(C)COC(=O)CC[C@@H]1C[C@H](C(C)(C)C)CCC1=O. The van der Waals surface area contributed by atoms with E-state index in [2.05, 4.69) is 20.8 Å². The van der Waals surface area contributed by atoms with Gasteiger partial charge in [0.25, 0.3) is 0 Å². The Hall–Kier alpha value is -0.860. The number of hydrogen-bond acceptors (Lipinski definition) is 3. The molecule has 0 heterocycles. The number of carbonyl (C=O) groups is 2. The van der Waals surface area contributed by atoms with Gasteiger partial charge in [0, 0.05) is 18.8 Å². The molecule has 0 aromatic carbocycles. The molecular weight excluding hydrogens is 252 g/mol. The van der Waals surface area contributed by atoms with Gasteiger partial charge in [-0.05, 0) is 36.5 Å². The molecule has 0 unspecified atom stereocenters. The Morgan fingerprint density at radius 1 is 1.35 bits per heavy atom. The van der Waals surface area contributed by atoms with E-state index >= 15 is 0 Å². The number of carbonyl (C=O) groups excluding carboxylic acids is 2. The lowest BCUT2D eigenvalue weighted by Crippen LogP contribution is -2.32. The average molecular weight is 282 g/mol. The van der Waals surface area contributed by atoms with E-state index < -0.39 is 0 Å². The zero-order valence-corrected chi connectivity index (χ0v) is 13.7. The number of esters is 1. The number of Topliss-reactive ketones (excluding diaryl/α,β-unsaturated/α-hetero) is 1. The van der Waals surface area contributed by atoms with Crippen LogP contribution in [0.3, 0.4) is 0 Å². The molecule has 0 bridgehead atoms. The van der Waals surface area contributed by atoms with Gasteiger partial charge in [0.2, 0.25) is 0 Å². The highest BCUT2D eigenvalue weighted by molar-refractivity contribution is 5.82. The van der Waals surface area contributed by atoms with Gasteiger partial charge >= 0.3 is 5.97 Å². The van der Waals surface area contributed by atoms with Crippen LogP contribution >= 0.6 is 0 Å². The molecule has 2 atom stereocenters. The number of ketones is 1. The van der Waals surface area contributed by atoms with Crippen molar-refractivity contribution >= 4 is 11.8 Å². The molecule has 1 fully saturated rings. The first-order valence-electron chi connectivity index (χ1n) is 7.88. The van der Waals surface area contributed by atoms with Crippen LogP contribution in [0.1, 0.15) is 66.7 Å². The molecule has 3 heteroatoms. The second-order valence-corrected chi connectivity index (χ2v) is 7.62. The minimum atomic E-state index is -0.163. The van der Waals surface area contributed by atoms with Gasteiger partial charge in [-0.2, -0.15) is 0 Å². The molecule has 1 aliphatic rings. The van der Waals surface area contributed by atoms with Crippen molar-refractivity contribution in [2.75, 3.05) is 6.61 Å². The van der Waals surface area contributed by atoms with Crippen LogP contribution in [0.4, 0.5) is 0 Å². The zero-order valence-electron chi connectivity index (χ0n) is 13.7. The Balaban J connectivity index is 2.41. The van der Waals surface area contributed by atoms with E-state index in [-0.39, 0.29) is 17.3 Å². The standard InChI is InChI=1S/C17H30O3/c1-12(2)11-20-16(19)9-6-13-10-14(17(3,4)5)7-8-15(13)18/h12-14H,6-11H2,1-5H3/t13-,14-/m1/s1. The fraction of sp³-hybridized carbons (Fsp3) is 0.882. The molecule has 0 spiro atoms. The van der Waals surface area contributed by atoms with Crippen LogP contribution in [-0.2, 0) is 14.3 Å². The van der Waals surface area contributed by atoms with E-state index in [1.807, 2.05) is 13.8 Å². The summed E-state index contributed by atoms with van der Waals surface area (Å²) in [7, 11) is 0. The van der Waals surface area contributed by atoms with Gasteiger partial charge < -0.3 is 4.74 Å². The topological polar surface area (TPSA) is 43.4 Å². The summed E-state index contributed by atoms with van der Waals surface area (Å²) in [5.41, 5.74) is 0.247. The molecule has 0 radical (unpaired) electrons. The predicted octanol–water partition coefficient (Wildman–Crippen LogP) is 4.00. The summed E-state index contributed by atoms with van der Waals surface area (Å²) in [5, 5.41) is 0. The van der Waals surface area contributed by atoms with Crippen molar-refractivity contribution < 1.29 is 14.3 Å². The van der Waals surface area contributed by atoms with Crippen molar-refractivity contribution in [3.8, 4) is 0 Å². The molecular formula is C17H30O3. The van der Waals surface area contributed by atoms with Gasteiger partial charge in [0.15, 0.2) is 0 Å². The molecule has 0 N–H and O–H groups in total. The first kappa shape index (κ1) is 17.2. The third-order valence-electron chi connectivity index (χ3n) is 4.26. The summed E-state index contributed by atoms with van der Waals surface area (Å²) in [6.45, 7) is 11.2. The molecule has 0 aromatic rings. The highest BCUT2D eigenvalue weighted by Gasteiger charge is 2.34. The van der Waals surface area contributed by atoms with E-state index in [0.717, 1.165) is 12.8 Å². The van der Waals surface area contributed by atoms with Crippen molar-refractivity contribution in [3.05, 3.63) is 0 Å². The second-order valence-electron chi connectivity index (χ2n) is 7.62. The van der Waals surface area contributed by atoms with E-state index in [1.165, 1.54) is 0 Å². The molecule has 0 amide bonds. The lowest BCUT2D eigenvalue weighted by atomic mass is 9.68. The van der Waals surface area contributed by atoms with E-state index in [0.29, 0.717) is 43.5 Å². The molecule has 1 rings (SSSR count). The molecule has 0 aromatic heterocycles. The highest BCUT2D eigenvalue weighted by atomic mass is 16.5. The molecule has 1 saturated carbocycles. The van der Waals surface area contributed by atoms with Crippen LogP contribution in [0.2, 0.25) is 0 Å². The van der Waals surface area contributed by atoms with Crippen LogP contribution in [0, 0.1) is 23.2 Å². The zero-order chi connectivity index (χ0) is 15.3. The molecule has 0 aliphatic heterocycles. The average Bonchev–Trinajstić information content (AvgIpc) is 2.33. The summed E-state index contributed by atoms with van der Waals surface area (Å²) < 4.78 is 5.17. The van der Waals surface area contributed by atoms with Crippen LogP contribution in [0.5, 0.6) is 0 Å². The number of rotatable bonds is 5. The fourth-order valence-electron chi connectivity index (χ4n) is 2.80. The van der Waals surface area contributed by atoms with Crippen molar-refractivity contribution in [2.45, 2.75) is 66.7 Å². The van der Waals surface area contributed by atoms with Gasteiger partial charge in [-0.15, -0.1) is 0 Å². The molecule has 3 nitrogen and oxygen atoms in total. The Bertz CT molecular complexity index is 339. The van der Waals surface area contributed by atoms with E-state index in [9.17, 15) is 9.59 Å². The first-order valence-corrected chi connectivity index (χ1v) is 7.88. The Kier molecular flexibility index (Phi) is 6.22. The minimum absolute atomic E-state index is 0.0552. The number of hydrogen-bond donors (Lipinski definition) is 0. The lowest BCUT2D eigenvalue weighted by molar-refractivity contribution is -0.145. The van der Waals surface area contributed by atoms with Crippen LogP contribution in [0.25, 0.3) is 0 Å². The maximum absolute atomic E-state index is 12.0. The van der Waals surface area contributed by atoms with Gasteiger partial charge in [0.1, 0.15) is 5.78 Å². The Morgan fingerprint density at radius 3 is 2.55 bits per heavy atom. The summed E-state index contributed by atoms with van der Waals surface area (Å²) in [6.07, 6.45) is 3.63. The van der Waals surface area contributed by atoms with Crippen LogP contribution < -0.4 is 0 Å². The normalized spacial score (nSPS) is 24.0. The molecule has 20 heavy (non-hydrogen) atoms. The molecule has 116 valence electrons. The monoisotopic (exact) mass is 282 g/mol. The Labute approximate surface area is 123 Å². The largest absolute Gasteiger partial charge is 0.465 e. The molecule has 1 aliphatic carbocycles. The summed E-state index contributed by atoms with van der Waals surface area (Å²) in [5.74, 6) is 1.17. The lowest BCUT2D eigenvalue weighted by Gasteiger charge is -2.37. The highest BCUT2D eigenvalue weighted by Crippen LogP contribution is 2.40. The van der Waals surface area contributed by atoms with E-state index in [4.69, 9.17) is 4.74 Å². The van der Waals surface area contributed by atoms with Crippen molar-refractivity contribution in [1.29, 1.82) is 0 Å². The second kappa shape index (κ2) is 7.24. The van der Waals surface area contributed by atoms with Crippen molar-refractivity contribution in [2.24, 2.45) is 23.2 Å². The first-order chi connectivity index (χ1) is 9.20. The third kappa shape index (κ3) is 5.64. The van der Waals surface area contributed by atoms with Gasteiger partial charge in [-0.3, -0.25) is 9.59 Å². The quantitative estimate of drug-likeness (QED) is 0.716. The van der Waals surface area contributed by atoms with Crippen LogP contribution in [0.15, 0.2) is 0 Å². The number of ether oxygens (including phenoxy) is 1. The smallest absolute Gasteiger partial charge is 0.305 e. The van der Waals surface area contributed by atoms with Gasteiger partial charge in [-0.1, -0.05) is 34.6 Å². The predicted molar refractivity (Wildman–Crippen MR) is 80.3 cm³/mol. The van der Waals surface area contributed by atoms with Crippen LogP contribution in [-0.4, -0.2) is 18.4 Å². The maximum atomic E-state index is 12.0. The Morgan fingerprint density at radius 2 is 2.00 bits per heavy atom. The fourth-order valence-corrected chi connectivity index (χ4v) is 2.80. The van der Waals surface area contributed by atoms with Gasteiger partial charge in [-0.25, -0.2) is 0 Å². The maximum Gasteiger partial charge on any atom is 0.305 e. The summed E-state index contributed by atoms with van der Waals surface area (Å²) in [4.78, 5) is 23.6. The minimum Gasteiger partial charge on any atom is -0.465 e.